The predicted molar refractivity (Wildman–Crippen MR) is 82.1 cm³/mol. The van der Waals surface area contributed by atoms with E-state index in [1.165, 1.54) is 6.92 Å². The molecule has 0 bridgehead atoms. The lowest BCUT2D eigenvalue weighted by Crippen LogP contribution is -2.51. The third kappa shape index (κ3) is 4.27. The van der Waals surface area contributed by atoms with Crippen LogP contribution in [0.1, 0.15) is 43.1 Å². The second-order valence-corrected chi connectivity index (χ2v) is 6.05. The molecule has 20 heavy (non-hydrogen) atoms. The van der Waals surface area contributed by atoms with Crippen molar-refractivity contribution >= 4 is 23.6 Å². The van der Waals surface area contributed by atoms with Crippen LogP contribution in [0.25, 0.3) is 0 Å². The number of hydrogen-bond donors (Lipinski definition) is 2. The lowest BCUT2D eigenvalue weighted by Gasteiger charge is -2.24. The Bertz CT molecular complexity index is 473. The van der Waals surface area contributed by atoms with Crippen LogP contribution in [0.5, 0.6) is 0 Å². The van der Waals surface area contributed by atoms with E-state index in [1.807, 2.05) is 23.9 Å². The van der Waals surface area contributed by atoms with Gasteiger partial charge in [-0.3, -0.25) is 4.79 Å². The molecule has 0 saturated heterocycles. The first kappa shape index (κ1) is 16.6. The number of benzene rings is 1. The number of aliphatic carboxylic acids is 1. The zero-order valence-corrected chi connectivity index (χ0v) is 12.9. The van der Waals surface area contributed by atoms with Gasteiger partial charge in [-0.2, -0.15) is 11.8 Å². The van der Waals surface area contributed by atoms with E-state index in [9.17, 15) is 9.59 Å². The summed E-state index contributed by atoms with van der Waals surface area (Å²) in [4.78, 5) is 23.2. The highest BCUT2D eigenvalue weighted by Gasteiger charge is 2.32. The summed E-state index contributed by atoms with van der Waals surface area (Å²) < 4.78 is 0. The number of amides is 1. The Hall–Kier alpha value is -1.49. The summed E-state index contributed by atoms with van der Waals surface area (Å²) in [5.41, 5.74) is 0.412. The monoisotopic (exact) mass is 295 g/mol. The molecule has 1 amide bonds. The molecule has 1 aromatic carbocycles. The Morgan fingerprint density at radius 1 is 1.25 bits per heavy atom. The zero-order chi connectivity index (χ0) is 15.2. The molecule has 5 heteroatoms. The Balaban J connectivity index is 2.75. The molecule has 0 aromatic heterocycles. The summed E-state index contributed by atoms with van der Waals surface area (Å²) in [5.74, 6) is 0.589. The molecule has 0 radical (unpaired) electrons. The van der Waals surface area contributed by atoms with Crippen molar-refractivity contribution in [2.24, 2.45) is 0 Å². The fourth-order valence-electron chi connectivity index (χ4n) is 1.59. The van der Waals surface area contributed by atoms with E-state index in [2.05, 4.69) is 12.2 Å². The van der Waals surface area contributed by atoms with E-state index in [0.29, 0.717) is 12.0 Å². The van der Waals surface area contributed by atoms with Gasteiger partial charge in [0.2, 0.25) is 0 Å². The smallest absolute Gasteiger partial charge is 0.329 e. The third-order valence-corrected chi connectivity index (χ3v) is 4.20. The molecule has 0 aliphatic rings. The predicted octanol–water partition coefficient (Wildman–Crippen LogP) is 2.92. The maximum absolute atomic E-state index is 12.1. The standard InChI is InChI=1S/C15H21NO3S/c1-4-15(3,14(18)19)16-13(17)12-8-6-11(7-9-12)10-20-5-2/h6-9H,4-5,10H2,1-3H3,(H,16,17)(H,18,19). The number of hydrogen-bond acceptors (Lipinski definition) is 3. The van der Waals surface area contributed by atoms with E-state index in [4.69, 9.17) is 5.11 Å². The van der Waals surface area contributed by atoms with Gasteiger partial charge >= 0.3 is 5.97 Å². The van der Waals surface area contributed by atoms with E-state index in [1.54, 1.807) is 19.1 Å². The van der Waals surface area contributed by atoms with E-state index in [0.717, 1.165) is 17.1 Å². The number of nitrogens with one attached hydrogen (secondary N) is 1. The van der Waals surface area contributed by atoms with Gasteiger partial charge in [0.1, 0.15) is 5.54 Å². The Morgan fingerprint density at radius 2 is 1.85 bits per heavy atom. The highest BCUT2D eigenvalue weighted by atomic mass is 32.2. The molecular formula is C15H21NO3S. The molecule has 1 unspecified atom stereocenters. The van der Waals surface area contributed by atoms with Crippen molar-refractivity contribution in [3.8, 4) is 0 Å². The molecule has 0 saturated carbocycles. The average Bonchev–Trinajstić information content (AvgIpc) is 2.45. The molecule has 4 nitrogen and oxygen atoms in total. The van der Waals surface area contributed by atoms with Crippen molar-refractivity contribution in [2.75, 3.05) is 5.75 Å². The summed E-state index contributed by atoms with van der Waals surface area (Å²) in [6.07, 6.45) is 0.333. The molecular weight excluding hydrogens is 274 g/mol. The van der Waals surface area contributed by atoms with Gasteiger partial charge in [-0.15, -0.1) is 0 Å². The third-order valence-electron chi connectivity index (χ3n) is 3.26. The van der Waals surface area contributed by atoms with Crippen LogP contribution in [-0.2, 0) is 10.5 Å². The quantitative estimate of drug-likeness (QED) is 0.811. The van der Waals surface area contributed by atoms with Gasteiger partial charge in [-0.25, -0.2) is 4.79 Å². The summed E-state index contributed by atoms with van der Waals surface area (Å²) in [5, 5.41) is 11.7. The lowest BCUT2D eigenvalue weighted by atomic mass is 9.98. The van der Waals surface area contributed by atoms with Crippen LogP contribution in [0.4, 0.5) is 0 Å². The number of carbonyl (C=O) groups excluding carboxylic acids is 1. The molecule has 0 aliphatic carbocycles. The minimum absolute atomic E-state index is 0.333. The van der Waals surface area contributed by atoms with Crippen LogP contribution < -0.4 is 5.32 Å². The van der Waals surface area contributed by atoms with Crippen LogP contribution >= 0.6 is 11.8 Å². The molecule has 1 rings (SSSR count). The van der Waals surface area contributed by atoms with Crippen LogP contribution in [0.3, 0.4) is 0 Å². The first-order valence-electron chi connectivity index (χ1n) is 6.65. The maximum Gasteiger partial charge on any atom is 0.329 e. The largest absolute Gasteiger partial charge is 0.480 e. The summed E-state index contributed by atoms with van der Waals surface area (Å²) >= 11 is 1.81. The fourth-order valence-corrected chi connectivity index (χ4v) is 2.22. The summed E-state index contributed by atoms with van der Waals surface area (Å²) in [6.45, 7) is 5.35. The van der Waals surface area contributed by atoms with Crippen molar-refractivity contribution in [1.29, 1.82) is 0 Å². The van der Waals surface area contributed by atoms with Crippen molar-refractivity contribution in [3.05, 3.63) is 35.4 Å². The maximum atomic E-state index is 12.1. The minimum Gasteiger partial charge on any atom is -0.480 e. The first-order chi connectivity index (χ1) is 9.42. The molecule has 110 valence electrons. The van der Waals surface area contributed by atoms with Gasteiger partial charge in [0.25, 0.3) is 5.91 Å². The van der Waals surface area contributed by atoms with Crippen LogP contribution in [-0.4, -0.2) is 28.3 Å². The van der Waals surface area contributed by atoms with Gasteiger partial charge in [0.15, 0.2) is 0 Å². The molecule has 0 fully saturated rings. The summed E-state index contributed by atoms with van der Waals surface area (Å²) in [7, 11) is 0. The Labute approximate surface area is 124 Å². The average molecular weight is 295 g/mol. The van der Waals surface area contributed by atoms with E-state index < -0.39 is 11.5 Å². The van der Waals surface area contributed by atoms with Crippen molar-refractivity contribution < 1.29 is 14.7 Å². The molecule has 0 aliphatic heterocycles. The highest BCUT2D eigenvalue weighted by molar-refractivity contribution is 7.98. The lowest BCUT2D eigenvalue weighted by molar-refractivity contribution is -0.143. The van der Waals surface area contributed by atoms with E-state index in [-0.39, 0.29) is 5.91 Å². The highest BCUT2D eigenvalue weighted by Crippen LogP contribution is 2.14. The normalized spacial score (nSPS) is 13.6. The van der Waals surface area contributed by atoms with Gasteiger partial charge in [0, 0.05) is 11.3 Å². The van der Waals surface area contributed by atoms with Crippen molar-refractivity contribution in [1.82, 2.24) is 5.32 Å². The van der Waals surface area contributed by atoms with Crippen LogP contribution in [0, 0.1) is 0 Å². The number of carbonyl (C=O) groups is 2. The molecule has 0 heterocycles. The number of carboxylic acid groups (broad SMARTS) is 1. The zero-order valence-electron chi connectivity index (χ0n) is 12.1. The van der Waals surface area contributed by atoms with Gasteiger partial charge in [-0.05, 0) is 36.8 Å². The molecule has 1 atom stereocenters. The second-order valence-electron chi connectivity index (χ2n) is 4.78. The number of rotatable bonds is 7. The van der Waals surface area contributed by atoms with Crippen LogP contribution in [0.15, 0.2) is 24.3 Å². The topological polar surface area (TPSA) is 66.4 Å². The Morgan fingerprint density at radius 3 is 2.30 bits per heavy atom. The van der Waals surface area contributed by atoms with Crippen LogP contribution in [0.2, 0.25) is 0 Å². The first-order valence-corrected chi connectivity index (χ1v) is 7.81. The van der Waals surface area contributed by atoms with Gasteiger partial charge in [-0.1, -0.05) is 26.0 Å². The number of thioether (sulfide) groups is 1. The summed E-state index contributed by atoms with van der Waals surface area (Å²) in [6, 6.07) is 7.28. The molecule has 2 N–H and O–H groups in total. The van der Waals surface area contributed by atoms with Gasteiger partial charge in [0.05, 0.1) is 0 Å². The van der Waals surface area contributed by atoms with E-state index >= 15 is 0 Å². The van der Waals surface area contributed by atoms with Gasteiger partial charge < -0.3 is 10.4 Å². The van der Waals surface area contributed by atoms with Crippen molar-refractivity contribution in [3.63, 3.8) is 0 Å². The molecule has 1 aromatic rings. The fraction of sp³-hybridized carbons (Fsp3) is 0.467. The number of carboxylic acids is 1. The SMILES string of the molecule is CCSCc1ccc(C(=O)NC(C)(CC)C(=O)O)cc1. The second kappa shape index (κ2) is 7.33. The Kier molecular flexibility index (Phi) is 6.07. The molecule has 0 spiro atoms. The van der Waals surface area contributed by atoms with Crippen molar-refractivity contribution in [2.45, 2.75) is 38.5 Å². The minimum atomic E-state index is -1.23.